The topological polar surface area (TPSA) is 72.5 Å². The van der Waals surface area contributed by atoms with Crippen LogP contribution >= 0.6 is 11.8 Å². The van der Waals surface area contributed by atoms with Crippen LogP contribution in [0.4, 0.5) is 0 Å². The molecule has 1 amide bonds. The number of aromatic nitrogens is 2. The van der Waals surface area contributed by atoms with Gasteiger partial charge in [-0.3, -0.25) is 4.79 Å². The van der Waals surface area contributed by atoms with Gasteiger partial charge >= 0.3 is 0 Å². The summed E-state index contributed by atoms with van der Waals surface area (Å²) in [5.41, 5.74) is -0.223. The number of hydrogen-bond donors (Lipinski definition) is 2. The molecule has 2 N–H and O–H groups in total. The highest BCUT2D eigenvalue weighted by molar-refractivity contribution is 7.99. The number of quaternary nitrogens is 1. The van der Waals surface area contributed by atoms with Gasteiger partial charge < -0.3 is 14.6 Å². The molecule has 114 valence electrons. The summed E-state index contributed by atoms with van der Waals surface area (Å²) in [6.07, 6.45) is 0.930. The average molecular weight is 301 g/mol. The fourth-order valence-electron chi connectivity index (χ4n) is 1.83. The van der Waals surface area contributed by atoms with Gasteiger partial charge in [0.15, 0.2) is 6.04 Å². The Balaban J connectivity index is 2.54. The van der Waals surface area contributed by atoms with Gasteiger partial charge in [0.1, 0.15) is 0 Å². The van der Waals surface area contributed by atoms with Gasteiger partial charge in [-0.1, -0.05) is 18.7 Å². The van der Waals surface area contributed by atoms with E-state index in [1.807, 2.05) is 20.8 Å². The molecule has 0 aliphatic heterocycles. The second-order valence-electron chi connectivity index (χ2n) is 6.03. The lowest BCUT2D eigenvalue weighted by Gasteiger charge is -2.19. The Morgan fingerprint density at radius 2 is 2.05 bits per heavy atom. The Morgan fingerprint density at radius 1 is 1.40 bits per heavy atom. The van der Waals surface area contributed by atoms with Crippen LogP contribution in [0.3, 0.4) is 0 Å². The van der Waals surface area contributed by atoms with E-state index >= 15 is 0 Å². The van der Waals surface area contributed by atoms with Crippen LogP contribution in [-0.2, 0) is 4.79 Å². The summed E-state index contributed by atoms with van der Waals surface area (Å²) in [4.78, 5) is 13.0. The van der Waals surface area contributed by atoms with Crippen LogP contribution in [0.25, 0.3) is 0 Å². The van der Waals surface area contributed by atoms with Gasteiger partial charge in [-0.15, -0.1) is 10.2 Å². The summed E-state index contributed by atoms with van der Waals surface area (Å²) >= 11 is 1.27. The molecule has 0 radical (unpaired) electrons. The monoisotopic (exact) mass is 301 g/mol. The first kappa shape index (κ1) is 17.0. The maximum absolute atomic E-state index is 11.7. The molecule has 0 saturated heterocycles. The van der Waals surface area contributed by atoms with Gasteiger partial charge in [-0.25, -0.2) is 0 Å². The number of carbonyl (C=O) groups is 1. The first-order chi connectivity index (χ1) is 9.23. The molecule has 0 aliphatic rings. The Labute approximate surface area is 124 Å². The second kappa shape index (κ2) is 7.08. The van der Waals surface area contributed by atoms with Crippen LogP contribution in [0, 0.1) is 0 Å². The van der Waals surface area contributed by atoms with Gasteiger partial charge in [0, 0.05) is 12.0 Å². The highest BCUT2D eigenvalue weighted by atomic mass is 32.2. The Bertz CT molecular complexity index is 440. The fourth-order valence-corrected chi connectivity index (χ4v) is 2.40. The summed E-state index contributed by atoms with van der Waals surface area (Å²) < 4.78 is 5.62. The van der Waals surface area contributed by atoms with Gasteiger partial charge in [-0.05, 0) is 20.8 Å². The van der Waals surface area contributed by atoms with Crippen molar-refractivity contribution < 1.29 is 14.1 Å². The zero-order chi connectivity index (χ0) is 15.3. The Morgan fingerprint density at radius 3 is 2.55 bits per heavy atom. The molecule has 0 aromatic carbocycles. The van der Waals surface area contributed by atoms with Gasteiger partial charge in [0.2, 0.25) is 5.91 Å². The van der Waals surface area contributed by atoms with E-state index in [1.54, 1.807) is 0 Å². The third-order valence-corrected chi connectivity index (χ3v) is 3.48. The molecule has 7 heteroatoms. The van der Waals surface area contributed by atoms with E-state index in [-0.39, 0.29) is 23.2 Å². The van der Waals surface area contributed by atoms with Gasteiger partial charge in [-0.2, -0.15) is 0 Å². The maximum Gasteiger partial charge on any atom is 0.277 e. The zero-order valence-corrected chi connectivity index (χ0v) is 13.9. The van der Waals surface area contributed by atoms with Crippen molar-refractivity contribution in [2.24, 2.45) is 0 Å². The molecular weight excluding hydrogens is 276 g/mol. The molecule has 1 aromatic rings. The first-order valence-corrected chi connectivity index (χ1v) is 7.78. The van der Waals surface area contributed by atoms with E-state index in [0.717, 1.165) is 6.42 Å². The van der Waals surface area contributed by atoms with Crippen LogP contribution in [0.2, 0.25) is 0 Å². The molecule has 20 heavy (non-hydrogen) atoms. The van der Waals surface area contributed by atoms with Crippen molar-refractivity contribution in [1.29, 1.82) is 0 Å². The Kier molecular flexibility index (Phi) is 6.01. The minimum Gasteiger partial charge on any atom is -0.410 e. The molecule has 0 bridgehead atoms. The van der Waals surface area contributed by atoms with Crippen molar-refractivity contribution >= 4 is 17.7 Å². The van der Waals surface area contributed by atoms with Crippen LogP contribution in [0.15, 0.2) is 9.64 Å². The maximum atomic E-state index is 11.7. The van der Waals surface area contributed by atoms with Crippen molar-refractivity contribution in [1.82, 2.24) is 15.5 Å². The number of thioether (sulfide) groups is 1. The molecule has 1 atom stereocenters. The second-order valence-corrected chi connectivity index (χ2v) is 6.96. The summed E-state index contributed by atoms with van der Waals surface area (Å²) in [5.74, 6) is 0.878. The molecule has 6 nitrogen and oxygen atoms in total. The predicted molar refractivity (Wildman–Crippen MR) is 78.8 cm³/mol. The number of rotatable bonds is 6. The predicted octanol–water partition coefficient (Wildman–Crippen LogP) is 0.672. The van der Waals surface area contributed by atoms with E-state index in [0.29, 0.717) is 11.1 Å². The smallest absolute Gasteiger partial charge is 0.277 e. The standard InChI is InChI=1S/C13H24N4O2S/c1-7-9(17(5)6)11-15-16-12(19-11)20-8-10(18)14-13(2,3)4/h9H,7-8H2,1-6H3,(H,14,18)/p+1/t9-/m0/s1. The summed E-state index contributed by atoms with van der Waals surface area (Å²) in [5, 5.41) is 11.4. The minimum atomic E-state index is -0.223. The molecule has 0 unspecified atom stereocenters. The third kappa shape index (κ3) is 5.50. The van der Waals surface area contributed by atoms with Gasteiger partial charge in [0.05, 0.1) is 19.8 Å². The molecule has 0 aliphatic carbocycles. The van der Waals surface area contributed by atoms with Crippen LogP contribution in [0.5, 0.6) is 0 Å². The third-order valence-electron chi connectivity index (χ3n) is 2.67. The lowest BCUT2D eigenvalue weighted by molar-refractivity contribution is -0.894. The van der Waals surface area contributed by atoms with E-state index in [4.69, 9.17) is 4.42 Å². The van der Waals surface area contributed by atoms with E-state index in [9.17, 15) is 4.79 Å². The zero-order valence-electron chi connectivity index (χ0n) is 13.1. The van der Waals surface area contributed by atoms with E-state index in [1.165, 1.54) is 16.7 Å². The normalized spacial score (nSPS) is 13.6. The number of carbonyl (C=O) groups excluding carboxylic acids is 1. The summed E-state index contributed by atoms with van der Waals surface area (Å²) in [6.45, 7) is 7.94. The lowest BCUT2D eigenvalue weighted by Crippen LogP contribution is -3.06. The van der Waals surface area contributed by atoms with Crippen molar-refractivity contribution in [3.05, 3.63) is 5.89 Å². The average Bonchev–Trinajstić information content (AvgIpc) is 2.73. The minimum absolute atomic E-state index is 0.0347. The summed E-state index contributed by atoms with van der Waals surface area (Å²) in [6, 6.07) is 0.195. The van der Waals surface area contributed by atoms with Crippen molar-refractivity contribution in [3.8, 4) is 0 Å². The molecule has 0 fully saturated rings. The van der Waals surface area contributed by atoms with Crippen LogP contribution in [-0.4, -0.2) is 41.5 Å². The fraction of sp³-hybridized carbons (Fsp3) is 0.769. The van der Waals surface area contributed by atoms with Crippen molar-refractivity contribution in [2.75, 3.05) is 19.8 Å². The molecular formula is C13H25N4O2S+. The number of nitrogens with one attached hydrogen (secondary N) is 2. The molecule has 1 heterocycles. The molecule has 1 aromatic heterocycles. The van der Waals surface area contributed by atoms with Crippen LogP contribution < -0.4 is 10.2 Å². The summed E-state index contributed by atoms with van der Waals surface area (Å²) in [7, 11) is 4.11. The van der Waals surface area contributed by atoms with E-state index in [2.05, 4.69) is 36.5 Å². The number of hydrogen-bond acceptors (Lipinski definition) is 5. The quantitative estimate of drug-likeness (QED) is 0.756. The molecule has 0 spiro atoms. The highest BCUT2D eigenvalue weighted by Crippen LogP contribution is 2.19. The van der Waals surface area contributed by atoms with Crippen LogP contribution in [0.1, 0.15) is 46.0 Å². The van der Waals surface area contributed by atoms with E-state index < -0.39 is 0 Å². The van der Waals surface area contributed by atoms with Crippen molar-refractivity contribution in [3.63, 3.8) is 0 Å². The Hall–Kier alpha value is -1.08. The first-order valence-electron chi connectivity index (χ1n) is 6.80. The highest BCUT2D eigenvalue weighted by Gasteiger charge is 2.23. The SMILES string of the molecule is CC[C@@H](c1nnc(SCC(=O)NC(C)(C)C)o1)[NH+](C)C. The number of amides is 1. The van der Waals surface area contributed by atoms with Gasteiger partial charge in [0.25, 0.3) is 11.1 Å². The number of nitrogens with zero attached hydrogens (tertiary/aromatic N) is 2. The van der Waals surface area contributed by atoms with Crippen molar-refractivity contribution in [2.45, 2.75) is 50.9 Å². The lowest BCUT2D eigenvalue weighted by atomic mass is 10.1. The molecule has 1 rings (SSSR count). The largest absolute Gasteiger partial charge is 0.410 e. The molecule has 0 saturated carbocycles.